The maximum Gasteiger partial charge on any atom is 0.272 e. The van der Waals surface area contributed by atoms with Gasteiger partial charge in [0, 0.05) is 85.0 Å². The van der Waals surface area contributed by atoms with Crippen LogP contribution in [0, 0.1) is 0 Å². The number of carbonyl (C=O) groups is 2. The molecule has 2 amide bonds. The minimum absolute atomic E-state index is 0.193. The van der Waals surface area contributed by atoms with E-state index in [4.69, 9.17) is 10.5 Å². The summed E-state index contributed by atoms with van der Waals surface area (Å²) in [6.07, 6.45) is 6.55. The van der Waals surface area contributed by atoms with E-state index in [9.17, 15) is 9.59 Å². The van der Waals surface area contributed by atoms with Crippen LogP contribution in [0.5, 0.6) is 5.75 Å². The fourth-order valence-corrected chi connectivity index (χ4v) is 6.64. The normalized spacial score (nSPS) is 14.6. The summed E-state index contributed by atoms with van der Waals surface area (Å²) in [6, 6.07) is 15.5. The SMILES string of the molecule is COc1cc(-c2csc3c(/C=C\CN4CCC(=O)N(C)CC4)cnc(N)c23)ccc1NC(=O)c1cc2ccccc2n1C. The van der Waals surface area contributed by atoms with Crippen molar-refractivity contribution in [2.45, 2.75) is 6.42 Å². The summed E-state index contributed by atoms with van der Waals surface area (Å²) in [7, 11) is 5.34. The van der Waals surface area contributed by atoms with Crippen molar-refractivity contribution in [3.63, 3.8) is 0 Å². The highest BCUT2D eigenvalue weighted by Gasteiger charge is 2.19. The van der Waals surface area contributed by atoms with Crippen LogP contribution in [0.3, 0.4) is 0 Å². The average molecular weight is 595 g/mol. The van der Waals surface area contributed by atoms with Crippen LogP contribution in [0.15, 0.2) is 66.2 Å². The van der Waals surface area contributed by atoms with Gasteiger partial charge in [0.05, 0.1) is 12.8 Å². The molecule has 0 aliphatic carbocycles. The number of methoxy groups -OCH3 is 1. The Kier molecular flexibility index (Phi) is 7.88. The quantitative estimate of drug-likeness (QED) is 0.259. The molecule has 3 N–H and O–H groups in total. The van der Waals surface area contributed by atoms with Crippen molar-refractivity contribution in [2.75, 3.05) is 51.4 Å². The second-order valence-electron chi connectivity index (χ2n) is 10.7. The van der Waals surface area contributed by atoms with Gasteiger partial charge in [-0.1, -0.05) is 36.4 Å². The Morgan fingerprint density at radius 2 is 1.98 bits per heavy atom. The number of hydrogen-bond donors (Lipinski definition) is 2. The van der Waals surface area contributed by atoms with Crippen LogP contribution in [0.2, 0.25) is 0 Å². The average Bonchev–Trinajstić information content (AvgIpc) is 3.57. The number of amides is 2. The van der Waals surface area contributed by atoms with Crippen LogP contribution >= 0.6 is 11.3 Å². The number of fused-ring (bicyclic) bond motifs is 2. The van der Waals surface area contributed by atoms with Crippen molar-refractivity contribution in [3.8, 4) is 16.9 Å². The lowest BCUT2D eigenvalue weighted by Gasteiger charge is -2.17. The number of nitrogen functional groups attached to an aromatic ring is 1. The molecule has 0 spiro atoms. The fraction of sp³-hybridized carbons (Fsp3) is 0.242. The summed E-state index contributed by atoms with van der Waals surface area (Å²) < 4.78 is 8.64. The number of carbonyl (C=O) groups excluding carboxylic acids is 2. The van der Waals surface area contributed by atoms with E-state index in [0.29, 0.717) is 29.4 Å². The summed E-state index contributed by atoms with van der Waals surface area (Å²) >= 11 is 1.62. The monoisotopic (exact) mass is 594 g/mol. The third-order valence-corrected chi connectivity index (χ3v) is 9.11. The molecule has 9 nitrogen and oxygen atoms in total. The Labute approximate surface area is 254 Å². The van der Waals surface area contributed by atoms with Crippen LogP contribution in [-0.2, 0) is 11.8 Å². The number of thiophene rings is 1. The van der Waals surface area contributed by atoms with Crippen LogP contribution in [0.25, 0.3) is 38.2 Å². The summed E-state index contributed by atoms with van der Waals surface area (Å²) in [5.74, 6) is 0.992. The van der Waals surface area contributed by atoms with E-state index >= 15 is 0 Å². The Bertz CT molecular complexity index is 1870. The molecule has 1 saturated heterocycles. The third-order valence-electron chi connectivity index (χ3n) is 8.08. The van der Waals surface area contributed by atoms with E-state index in [1.54, 1.807) is 29.5 Å². The lowest BCUT2D eigenvalue weighted by atomic mass is 10.0. The van der Waals surface area contributed by atoms with Crippen molar-refractivity contribution in [3.05, 3.63) is 77.4 Å². The van der Waals surface area contributed by atoms with E-state index in [-0.39, 0.29) is 11.8 Å². The van der Waals surface area contributed by atoms with Gasteiger partial charge in [-0.3, -0.25) is 14.5 Å². The maximum atomic E-state index is 13.2. The van der Waals surface area contributed by atoms with Gasteiger partial charge in [-0.05, 0) is 35.2 Å². The first-order valence-electron chi connectivity index (χ1n) is 14.2. The van der Waals surface area contributed by atoms with Gasteiger partial charge in [0.1, 0.15) is 17.3 Å². The molecule has 5 aromatic rings. The molecule has 0 bridgehead atoms. The third kappa shape index (κ3) is 5.59. The minimum Gasteiger partial charge on any atom is -0.495 e. The van der Waals surface area contributed by atoms with Gasteiger partial charge in [-0.2, -0.15) is 0 Å². The molecular formula is C33H34N6O3S. The number of nitrogens with one attached hydrogen (secondary N) is 1. The molecule has 1 aliphatic heterocycles. The smallest absolute Gasteiger partial charge is 0.272 e. The van der Waals surface area contributed by atoms with Crippen molar-refractivity contribution < 1.29 is 14.3 Å². The highest BCUT2D eigenvalue weighted by Crippen LogP contribution is 2.41. The number of pyridine rings is 1. The first kappa shape index (κ1) is 28.4. The van der Waals surface area contributed by atoms with E-state index in [0.717, 1.165) is 63.9 Å². The number of nitrogens with zero attached hydrogens (tertiary/aromatic N) is 4. The minimum atomic E-state index is -0.214. The zero-order valence-corrected chi connectivity index (χ0v) is 25.3. The molecule has 1 aliphatic rings. The van der Waals surface area contributed by atoms with Gasteiger partial charge in [0.15, 0.2) is 0 Å². The number of aryl methyl sites for hydroxylation is 1. The van der Waals surface area contributed by atoms with E-state index in [1.165, 1.54) is 0 Å². The Morgan fingerprint density at radius 3 is 2.79 bits per heavy atom. The number of hydrogen-bond acceptors (Lipinski definition) is 7. The number of para-hydroxylation sites is 1. The fourth-order valence-electron chi connectivity index (χ4n) is 5.56. The first-order chi connectivity index (χ1) is 20.8. The highest BCUT2D eigenvalue weighted by atomic mass is 32.1. The zero-order chi connectivity index (χ0) is 30.1. The van der Waals surface area contributed by atoms with Gasteiger partial charge in [0.25, 0.3) is 5.91 Å². The Balaban J connectivity index is 1.24. The summed E-state index contributed by atoms with van der Waals surface area (Å²) in [5.41, 5.74) is 11.4. The van der Waals surface area contributed by atoms with Crippen LogP contribution < -0.4 is 15.8 Å². The summed E-state index contributed by atoms with van der Waals surface area (Å²) in [5, 5.41) is 7.00. The number of anilines is 2. The molecule has 4 heterocycles. The molecule has 43 heavy (non-hydrogen) atoms. The molecule has 1 fully saturated rings. The first-order valence-corrected chi connectivity index (χ1v) is 15.0. The van der Waals surface area contributed by atoms with Gasteiger partial charge in [-0.15, -0.1) is 11.3 Å². The number of ether oxygens (including phenoxy) is 1. The van der Waals surface area contributed by atoms with Crippen LogP contribution in [0.4, 0.5) is 11.5 Å². The molecule has 0 atom stereocenters. The summed E-state index contributed by atoms with van der Waals surface area (Å²) in [4.78, 5) is 33.8. The van der Waals surface area contributed by atoms with Crippen molar-refractivity contribution in [2.24, 2.45) is 7.05 Å². The van der Waals surface area contributed by atoms with Crippen molar-refractivity contribution in [1.82, 2.24) is 19.4 Å². The molecule has 10 heteroatoms. The molecule has 0 radical (unpaired) electrons. The predicted octanol–water partition coefficient (Wildman–Crippen LogP) is 5.48. The number of nitrogens with two attached hydrogens (primary N) is 1. The number of benzene rings is 2. The topological polar surface area (TPSA) is 106 Å². The molecular weight excluding hydrogens is 560 g/mol. The van der Waals surface area contributed by atoms with E-state index in [2.05, 4.69) is 32.7 Å². The molecule has 0 unspecified atom stereocenters. The molecule has 2 aromatic carbocycles. The molecule has 6 rings (SSSR count). The van der Waals surface area contributed by atoms with E-state index in [1.807, 2.05) is 67.2 Å². The van der Waals surface area contributed by atoms with Crippen molar-refractivity contribution in [1.29, 1.82) is 0 Å². The van der Waals surface area contributed by atoms with Crippen LogP contribution in [-0.4, -0.2) is 71.5 Å². The van der Waals surface area contributed by atoms with Gasteiger partial charge in [0.2, 0.25) is 5.91 Å². The predicted molar refractivity (Wildman–Crippen MR) is 175 cm³/mol. The maximum absolute atomic E-state index is 13.2. The lowest BCUT2D eigenvalue weighted by Crippen LogP contribution is -2.30. The zero-order valence-electron chi connectivity index (χ0n) is 24.5. The largest absolute Gasteiger partial charge is 0.495 e. The second kappa shape index (κ2) is 11.9. The second-order valence-corrected chi connectivity index (χ2v) is 11.6. The van der Waals surface area contributed by atoms with Gasteiger partial charge < -0.3 is 25.3 Å². The van der Waals surface area contributed by atoms with Gasteiger partial charge in [-0.25, -0.2) is 4.98 Å². The van der Waals surface area contributed by atoms with Gasteiger partial charge >= 0.3 is 0 Å². The Hall–Kier alpha value is -4.67. The number of rotatable bonds is 7. The van der Waals surface area contributed by atoms with Crippen LogP contribution in [0.1, 0.15) is 22.5 Å². The number of aromatic nitrogens is 2. The molecule has 3 aromatic heterocycles. The Morgan fingerprint density at radius 1 is 1.14 bits per heavy atom. The lowest BCUT2D eigenvalue weighted by molar-refractivity contribution is -0.129. The standard InChI is InChI=1S/C33H34N6O3S/c1-37-15-16-39(14-12-29(37)40)13-6-8-23-19-35-32(34)30-24(20-43-31(23)30)21-10-11-25(28(18-21)42-3)36-33(41)27-17-22-7-4-5-9-26(22)38(27)2/h4-11,17-20H,12-16H2,1-3H3,(H2,34,35)(H,36,41)/b8-6-. The number of likely N-dealkylation sites (N-methyl/N-ethyl adjacent to an activating group) is 1. The van der Waals surface area contributed by atoms with E-state index < -0.39 is 0 Å². The molecule has 0 saturated carbocycles. The van der Waals surface area contributed by atoms with Crippen molar-refractivity contribution >= 4 is 61.7 Å². The summed E-state index contributed by atoms with van der Waals surface area (Å²) in [6.45, 7) is 3.11. The molecule has 220 valence electrons. The highest BCUT2D eigenvalue weighted by molar-refractivity contribution is 7.18.